The summed E-state index contributed by atoms with van der Waals surface area (Å²) in [7, 11) is 3.64. The molecule has 0 fully saturated rings. The number of nitrogens with zero attached hydrogens (tertiary/aromatic N) is 3. The number of rotatable bonds is 4. The largest absolute Gasteiger partial charge is 0.495 e. The summed E-state index contributed by atoms with van der Waals surface area (Å²) in [5.41, 5.74) is 1.02. The van der Waals surface area contributed by atoms with E-state index in [1.165, 1.54) is 11.3 Å². The smallest absolute Gasteiger partial charge is 0.207 e. The van der Waals surface area contributed by atoms with Crippen molar-refractivity contribution in [2.75, 3.05) is 19.1 Å². The Balaban J connectivity index is 2.16. The molecule has 2 rings (SSSR count). The maximum Gasteiger partial charge on any atom is 0.207 e. The standard InChI is InChI=1S/C11H12ClN3OS/c1-15(7-10-13-14-11(12)17-10)8-5-3-4-6-9(8)16-2/h3-6H,7H2,1-2H3. The summed E-state index contributed by atoms with van der Waals surface area (Å²) in [6, 6.07) is 7.85. The van der Waals surface area contributed by atoms with Crippen molar-refractivity contribution in [1.29, 1.82) is 0 Å². The van der Waals surface area contributed by atoms with Crippen molar-refractivity contribution < 1.29 is 4.74 Å². The molecule has 0 N–H and O–H groups in total. The van der Waals surface area contributed by atoms with Crippen LogP contribution >= 0.6 is 22.9 Å². The van der Waals surface area contributed by atoms with Crippen LogP contribution in [0.25, 0.3) is 0 Å². The number of methoxy groups -OCH3 is 1. The van der Waals surface area contributed by atoms with E-state index in [1.54, 1.807) is 7.11 Å². The normalized spacial score (nSPS) is 10.3. The number of para-hydroxylation sites is 2. The third-order valence-electron chi connectivity index (χ3n) is 2.31. The van der Waals surface area contributed by atoms with E-state index < -0.39 is 0 Å². The van der Waals surface area contributed by atoms with Crippen LogP contribution in [0.5, 0.6) is 5.75 Å². The van der Waals surface area contributed by atoms with Crippen molar-refractivity contribution in [1.82, 2.24) is 10.2 Å². The Morgan fingerprint density at radius 1 is 1.35 bits per heavy atom. The number of hydrogen-bond acceptors (Lipinski definition) is 5. The third kappa shape index (κ3) is 2.87. The molecule has 1 aromatic carbocycles. The molecule has 1 heterocycles. The van der Waals surface area contributed by atoms with Gasteiger partial charge < -0.3 is 9.64 Å². The summed E-state index contributed by atoms with van der Waals surface area (Å²) in [4.78, 5) is 2.05. The van der Waals surface area contributed by atoms with E-state index in [4.69, 9.17) is 16.3 Å². The number of aromatic nitrogens is 2. The van der Waals surface area contributed by atoms with Crippen LogP contribution in [0.1, 0.15) is 5.01 Å². The number of ether oxygens (including phenoxy) is 1. The van der Waals surface area contributed by atoms with Gasteiger partial charge in [0.2, 0.25) is 4.47 Å². The highest BCUT2D eigenvalue weighted by atomic mass is 35.5. The van der Waals surface area contributed by atoms with Gasteiger partial charge in [0, 0.05) is 7.05 Å². The van der Waals surface area contributed by atoms with Gasteiger partial charge in [-0.25, -0.2) is 0 Å². The topological polar surface area (TPSA) is 38.2 Å². The van der Waals surface area contributed by atoms with Gasteiger partial charge in [-0.05, 0) is 23.7 Å². The van der Waals surface area contributed by atoms with Gasteiger partial charge in [-0.1, -0.05) is 23.5 Å². The van der Waals surface area contributed by atoms with Crippen molar-refractivity contribution in [3.63, 3.8) is 0 Å². The van der Waals surface area contributed by atoms with Crippen LogP contribution in [0.2, 0.25) is 4.47 Å². The summed E-state index contributed by atoms with van der Waals surface area (Å²) in [5.74, 6) is 0.839. The Labute approximate surface area is 109 Å². The Morgan fingerprint density at radius 3 is 2.76 bits per heavy atom. The number of halogens is 1. The molecule has 0 bridgehead atoms. The van der Waals surface area contributed by atoms with E-state index in [-0.39, 0.29) is 0 Å². The maximum absolute atomic E-state index is 5.75. The number of benzene rings is 1. The molecule has 0 unspecified atom stereocenters. The van der Waals surface area contributed by atoms with Crippen LogP contribution in [0.3, 0.4) is 0 Å². The first-order valence-corrected chi connectivity index (χ1v) is 6.22. The van der Waals surface area contributed by atoms with Gasteiger partial charge in [0.25, 0.3) is 0 Å². The molecule has 0 spiro atoms. The highest BCUT2D eigenvalue weighted by Gasteiger charge is 2.10. The van der Waals surface area contributed by atoms with Crippen LogP contribution in [0.15, 0.2) is 24.3 Å². The zero-order chi connectivity index (χ0) is 12.3. The van der Waals surface area contributed by atoms with Crippen LogP contribution < -0.4 is 9.64 Å². The number of hydrogen-bond donors (Lipinski definition) is 0. The molecule has 90 valence electrons. The summed E-state index contributed by atoms with van der Waals surface area (Å²) in [6.07, 6.45) is 0. The summed E-state index contributed by atoms with van der Waals surface area (Å²) in [6.45, 7) is 0.658. The molecular formula is C11H12ClN3OS. The van der Waals surface area contributed by atoms with E-state index in [0.717, 1.165) is 16.4 Å². The van der Waals surface area contributed by atoms with Gasteiger partial charge in [-0.3, -0.25) is 0 Å². The Morgan fingerprint density at radius 2 is 2.12 bits per heavy atom. The fourth-order valence-corrected chi connectivity index (χ4v) is 2.45. The highest BCUT2D eigenvalue weighted by Crippen LogP contribution is 2.28. The summed E-state index contributed by atoms with van der Waals surface area (Å²) in [5, 5.41) is 8.65. The Kier molecular flexibility index (Phi) is 3.81. The van der Waals surface area contributed by atoms with Crippen molar-refractivity contribution in [2.45, 2.75) is 6.54 Å². The molecule has 2 aromatic rings. The molecule has 0 saturated heterocycles. The molecular weight excluding hydrogens is 258 g/mol. The summed E-state index contributed by atoms with van der Waals surface area (Å²) >= 11 is 7.14. The average Bonchev–Trinajstić information content (AvgIpc) is 2.74. The predicted octanol–water partition coefficient (Wildman–Crippen LogP) is 2.84. The highest BCUT2D eigenvalue weighted by molar-refractivity contribution is 7.15. The lowest BCUT2D eigenvalue weighted by Gasteiger charge is -2.20. The lowest BCUT2D eigenvalue weighted by Crippen LogP contribution is -2.16. The van der Waals surface area contributed by atoms with Crippen molar-refractivity contribution in [3.8, 4) is 5.75 Å². The quantitative estimate of drug-likeness (QED) is 0.856. The lowest BCUT2D eigenvalue weighted by molar-refractivity contribution is 0.415. The fraction of sp³-hybridized carbons (Fsp3) is 0.273. The van der Waals surface area contributed by atoms with Crippen LogP contribution in [0, 0.1) is 0 Å². The van der Waals surface area contributed by atoms with Gasteiger partial charge in [0.1, 0.15) is 10.8 Å². The van der Waals surface area contributed by atoms with Crippen molar-refractivity contribution >= 4 is 28.6 Å². The minimum Gasteiger partial charge on any atom is -0.495 e. The molecule has 0 aliphatic rings. The second-order valence-electron chi connectivity index (χ2n) is 3.48. The van der Waals surface area contributed by atoms with E-state index in [1.807, 2.05) is 31.3 Å². The van der Waals surface area contributed by atoms with E-state index in [2.05, 4.69) is 15.1 Å². The second kappa shape index (κ2) is 5.33. The molecule has 4 nitrogen and oxygen atoms in total. The van der Waals surface area contributed by atoms with Crippen molar-refractivity contribution in [2.24, 2.45) is 0 Å². The molecule has 0 aliphatic carbocycles. The molecule has 0 amide bonds. The molecule has 0 aliphatic heterocycles. The minimum absolute atomic E-state index is 0.466. The molecule has 6 heteroatoms. The molecule has 0 atom stereocenters. The maximum atomic E-state index is 5.75. The molecule has 0 radical (unpaired) electrons. The fourth-order valence-electron chi connectivity index (χ4n) is 1.53. The van der Waals surface area contributed by atoms with Crippen molar-refractivity contribution in [3.05, 3.63) is 33.7 Å². The molecule has 17 heavy (non-hydrogen) atoms. The lowest BCUT2D eigenvalue weighted by atomic mass is 10.2. The zero-order valence-corrected chi connectivity index (χ0v) is 11.1. The Bertz CT molecular complexity index is 503. The minimum atomic E-state index is 0.466. The van der Waals surface area contributed by atoms with Gasteiger partial charge in [0.15, 0.2) is 0 Å². The van der Waals surface area contributed by atoms with E-state index in [9.17, 15) is 0 Å². The first-order chi connectivity index (χ1) is 8.20. The van der Waals surface area contributed by atoms with E-state index >= 15 is 0 Å². The Hall–Kier alpha value is -1.33. The van der Waals surface area contributed by atoms with Gasteiger partial charge in [-0.2, -0.15) is 0 Å². The average molecular weight is 270 g/mol. The molecule has 1 aromatic heterocycles. The second-order valence-corrected chi connectivity index (χ2v) is 5.12. The summed E-state index contributed by atoms with van der Waals surface area (Å²) < 4.78 is 5.78. The first-order valence-electron chi connectivity index (χ1n) is 5.02. The SMILES string of the molecule is COc1ccccc1N(C)Cc1nnc(Cl)s1. The van der Waals surface area contributed by atoms with Crippen LogP contribution in [-0.2, 0) is 6.54 Å². The van der Waals surface area contributed by atoms with Gasteiger partial charge in [-0.15, -0.1) is 10.2 Å². The van der Waals surface area contributed by atoms with Gasteiger partial charge in [0.05, 0.1) is 19.3 Å². The van der Waals surface area contributed by atoms with Crippen LogP contribution in [0.4, 0.5) is 5.69 Å². The van der Waals surface area contributed by atoms with E-state index in [0.29, 0.717) is 11.0 Å². The molecule has 0 saturated carbocycles. The van der Waals surface area contributed by atoms with Gasteiger partial charge >= 0.3 is 0 Å². The monoisotopic (exact) mass is 269 g/mol. The first kappa shape index (κ1) is 12.1. The van der Waals surface area contributed by atoms with Crippen LogP contribution in [-0.4, -0.2) is 24.4 Å². The zero-order valence-electron chi connectivity index (χ0n) is 9.55. The third-order valence-corrected chi connectivity index (χ3v) is 3.31. The number of anilines is 1. The predicted molar refractivity (Wildman–Crippen MR) is 70.0 cm³/mol.